The van der Waals surface area contributed by atoms with Gasteiger partial charge in [-0.15, -0.1) is 0 Å². The van der Waals surface area contributed by atoms with Gasteiger partial charge in [-0.2, -0.15) is 39.5 Å². The molecule has 0 aliphatic rings. The van der Waals surface area contributed by atoms with E-state index in [0.29, 0.717) is 0 Å². The molecule has 0 unspecified atom stereocenters. The molecule has 0 rings (SSSR count). The van der Waals surface area contributed by atoms with Crippen molar-refractivity contribution in [2.75, 3.05) is 27.7 Å². The summed E-state index contributed by atoms with van der Waals surface area (Å²) in [6, 6.07) is 0. The van der Waals surface area contributed by atoms with Crippen LogP contribution in [-0.4, -0.2) is 68.4 Å². The Bertz CT molecular complexity index is 554. The van der Waals surface area contributed by atoms with Crippen molar-refractivity contribution < 1.29 is 57.0 Å². The molecule has 0 aliphatic heterocycles. The van der Waals surface area contributed by atoms with Crippen LogP contribution in [0.25, 0.3) is 0 Å². The van der Waals surface area contributed by atoms with Crippen molar-refractivity contribution in [3.05, 3.63) is 0 Å². The van der Waals surface area contributed by atoms with E-state index >= 15 is 0 Å². The molecule has 0 bridgehead atoms. The lowest BCUT2D eigenvalue weighted by Crippen LogP contribution is -2.63. The van der Waals surface area contributed by atoms with Gasteiger partial charge in [0.1, 0.15) is 0 Å². The summed E-state index contributed by atoms with van der Waals surface area (Å²) in [5.74, 6) is -14.8. The molecule has 0 amide bonds. The summed E-state index contributed by atoms with van der Waals surface area (Å²) in [6.45, 7) is 3.58. The van der Waals surface area contributed by atoms with E-state index in [1.165, 1.54) is 32.2 Å². The van der Waals surface area contributed by atoms with Gasteiger partial charge < -0.3 is 9.04 Å². The Morgan fingerprint density at radius 3 is 1.44 bits per heavy atom. The van der Waals surface area contributed by atoms with Crippen LogP contribution in [0.15, 0.2) is 0 Å². The molecule has 14 heteroatoms. The van der Waals surface area contributed by atoms with Crippen LogP contribution in [-0.2, 0) is 10.1 Å². The first kappa shape index (κ1) is 28.4. The second-order valence-electron chi connectivity index (χ2n) is 6.69. The van der Waals surface area contributed by atoms with Crippen LogP contribution in [0, 0.1) is 0 Å². The molecule has 0 radical (unpaired) electrons. The topological polar surface area (TPSA) is 57.2 Å². The van der Waals surface area contributed by atoms with Crippen LogP contribution < -0.4 is 0 Å². The van der Waals surface area contributed by atoms with E-state index in [-0.39, 0.29) is 0 Å². The van der Waals surface area contributed by atoms with Gasteiger partial charge >= 0.3 is 23.3 Å². The second-order valence-corrected chi connectivity index (χ2v) is 8.11. The SMILES string of the molecule is CCCCCC[N+](C)(C)C.O=S(=O)([O-])C(F)(F)C(F)(F)C(F)(F)C(F)(F)F. The van der Waals surface area contributed by atoms with Gasteiger partial charge in [-0.25, -0.2) is 8.42 Å². The maximum Gasteiger partial charge on any atom is 0.460 e. The fourth-order valence-electron chi connectivity index (χ4n) is 1.53. The van der Waals surface area contributed by atoms with Gasteiger partial charge in [0.25, 0.3) is 0 Å². The average molecular weight is 443 g/mol. The molecular weight excluding hydrogens is 421 g/mol. The van der Waals surface area contributed by atoms with E-state index in [1.54, 1.807) is 0 Å². The molecular formula is C13H22F9NO3S. The minimum Gasteiger partial charge on any atom is -0.743 e. The first-order valence-corrected chi connectivity index (χ1v) is 8.93. The van der Waals surface area contributed by atoms with Gasteiger partial charge in [-0.05, 0) is 12.8 Å². The van der Waals surface area contributed by atoms with Crippen molar-refractivity contribution in [3.8, 4) is 0 Å². The van der Waals surface area contributed by atoms with Crippen molar-refractivity contribution in [2.45, 2.75) is 55.9 Å². The Hall–Kier alpha value is -0.760. The maximum atomic E-state index is 12.2. The lowest BCUT2D eigenvalue weighted by molar-refractivity contribution is -0.870. The van der Waals surface area contributed by atoms with Crippen molar-refractivity contribution in [2.24, 2.45) is 0 Å². The highest BCUT2D eigenvalue weighted by molar-refractivity contribution is 7.86. The lowest BCUT2D eigenvalue weighted by atomic mass is 10.1. The second kappa shape index (κ2) is 9.16. The summed E-state index contributed by atoms with van der Waals surface area (Å²) in [5.41, 5.74) is 0. The van der Waals surface area contributed by atoms with Crippen molar-refractivity contribution in [1.82, 2.24) is 0 Å². The quantitative estimate of drug-likeness (QED) is 0.244. The van der Waals surface area contributed by atoms with E-state index in [2.05, 4.69) is 28.1 Å². The molecule has 0 aromatic carbocycles. The zero-order valence-corrected chi connectivity index (χ0v) is 15.8. The number of halogens is 9. The van der Waals surface area contributed by atoms with E-state index in [4.69, 9.17) is 0 Å². The number of nitrogens with zero attached hydrogens (tertiary/aromatic N) is 1. The highest BCUT2D eigenvalue weighted by Crippen LogP contribution is 2.54. The predicted octanol–water partition coefficient (Wildman–Crippen LogP) is 4.23. The number of hydrogen-bond acceptors (Lipinski definition) is 3. The molecule has 27 heavy (non-hydrogen) atoms. The third kappa shape index (κ3) is 7.64. The average Bonchev–Trinajstić information content (AvgIpc) is 2.40. The largest absolute Gasteiger partial charge is 0.743 e. The Kier molecular flexibility index (Phi) is 9.65. The Balaban J connectivity index is 0. The summed E-state index contributed by atoms with van der Waals surface area (Å²) in [4.78, 5) is 0. The Morgan fingerprint density at radius 2 is 1.19 bits per heavy atom. The summed E-state index contributed by atoms with van der Waals surface area (Å²) in [5, 5.41) is -7.11. The lowest BCUT2D eigenvalue weighted by Gasteiger charge is -2.34. The van der Waals surface area contributed by atoms with Crippen LogP contribution in [0.3, 0.4) is 0 Å². The fraction of sp³-hybridized carbons (Fsp3) is 1.00. The van der Waals surface area contributed by atoms with E-state index in [1.807, 2.05) is 0 Å². The molecule has 0 heterocycles. The molecule has 0 aromatic rings. The number of unbranched alkanes of at least 4 members (excludes halogenated alkanes) is 3. The van der Waals surface area contributed by atoms with Gasteiger partial charge in [0, 0.05) is 0 Å². The van der Waals surface area contributed by atoms with Gasteiger partial charge in [-0.3, -0.25) is 0 Å². The van der Waals surface area contributed by atoms with E-state index in [9.17, 15) is 52.5 Å². The third-order valence-corrected chi connectivity index (χ3v) is 4.00. The zero-order chi connectivity index (χ0) is 22.5. The summed E-state index contributed by atoms with van der Waals surface area (Å²) in [6.07, 6.45) is -1.62. The van der Waals surface area contributed by atoms with Crippen LogP contribution in [0.2, 0.25) is 0 Å². The van der Waals surface area contributed by atoms with Crippen LogP contribution >= 0.6 is 0 Å². The number of rotatable bonds is 8. The highest BCUT2D eigenvalue weighted by Gasteiger charge is 2.83. The first-order valence-electron chi connectivity index (χ1n) is 7.52. The molecule has 0 aromatic heterocycles. The summed E-state index contributed by atoms with van der Waals surface area (Å²) >= 11 is 0. The van der Waals surface area contributed by atoms with E-state index < -0.39 is 33.4 Å². The monoisotopic (exact) mass is 443 g/mol. The van der Waals surface area contributed by atoms with E-state index in [0.717, 1.165) is 4.48 Å². The van der Waals surface area contributed by atoms with Gasteiger partial charge in [0.2, 0.25) is 0 Å². The van der Waals surface area contributed by atoms with Gasteiger partial charge in [0.05, 0.1) is 27.7 Å². The van der Waals surface area contributed by atoms with Crippen molar-refractivity contribution >= 4 is 10.1 Å². The Morgan fingerprint density at radius 1 is 0.778 bits per heavy atom. The Labute approximate surface area is 151 Å². The molecule has 0 fully saturated rings. The number of hydrogen-bond donors (Lipinski definition) is 0. The van der Waals surface area contributed by atoms with Gasteiger partial charge in [0.15, 0.2) is 10.1 Å². The van der Waals surface area contributed by atoms with Crippen LogP contribution in [0.5, 0.6) is 0 Å². The minimum absolute atomic E-state index is 1.11. The minimum atomic E-state index is -7.43. The third-order valence-electron chi connectivity index (χ3n) is 3.11. The number of alkyl halides is 9. The van der Waals surface area contributed by atoms with Crippen molar-refractivity contribution in [1.29, 1.82) is 0 Å². The zero-order valence-electron chi connectivity index (χ0n) is 15.0. The standard InChI is InChI=1S/C9H22N.C4HF9O3S/c1-5-6-7-8-9-10(2,3)4;5-1(6,3(9,10)11)2(7,8)4(12,13)17(14,15)16/h5-9H2,1-4H3;(H,14,15,16)/q+1;/p-1. The normalized spacial score (nSPS) is 14.6. The molecule has 0 aliphatic carbocycles. The predicted molar refractivity (Wildman–Crippen MR) is 77.6 cm³/mol. The summed E-state index contributed by atoms with van der Waals surface area (Å²) in [7, 11) is -0.649. The summed E-state index contributed by atoms with van der Waals surface area (Å²) < 4.78 is 137. The number of quaternary nitrogens is 1. The highest BCUT2D eigenvalue weighted by atomic mass is 32.2. The van der Waals surface area contributed by atoms with Crippen LogP contribution in [0.4, 0.5) is 39.5 Å². The smallest absolute Gasteiger partial charge is 0.460 e. The molecule has 0 N–H and O–H groups in total. The maximum absolute atomic E-state index is 12.2. The van der Waals surface area contributed by atoms with Gasteiger partial charge in [-0.1, -0.05) is 19.8 Å². The van der Waals surface area contributed by atoms with Crippen LogP contribution in [0.1, 0.15) is 32.6 Å². The van der Waals surface area contributed by atoms with Crippen molar-refractivity contribution in [3.63, 3.8) is 0 Å². The first-order chi connectivity index (χ1) is 11.6. The molecule has 0 atom stereocenters. The fourth-order valence-corrected chi connectivity index (χ4v) is 1.97. The molecule has 166 valence electrons. The molecule has 0 saturated heterocycles. The molecule has 0 saturated carbocycles. The molecule has 4 nitrogen and oxygen atoms in total. The molecule has 0 spiro atoms.